The van der Waals surface area contributed by atoms with E-state index in [1.165, 1.54) is 45.3 Å². The molecule has 2 fully saturated rings. The van der Waals surface area contributed by atoms with Crippen molar-refractivity contribution in [1.82, 2.24) is 4.90 Å². The van der Waals surface area contributed by atoms with Crippen molar-refractivity contribution < 1.29 is 0 Å². The summed E-state index contributed by atoms with van der Waals surface area (Å²) in [7, 11) is 0. The van der Waals surface area contributed by atoms with Crippen molar-refractivity contribution in [3.63, 3.8) is 0 Å². The van der Waals surface area contributed by atoms with Crippen molar-refractivity contribution in [2.45, 2.75) is 39.5 Å². The number of nitrogens with zero attached hydrogens (tertiary/aromatic N) is 1. The van der Waals surface area contributed by atoms with Crippen LogP contribution in [-0.2, 0) is 0 Å². The van der Waals surface area contributed by atoms with Crippen LogP contribution in [0.25, 0.3) is 0 Å². The van der Waals surface area contributed by atoms with Gasteiger partial charge in [0, 0.05) is 6.54 Å². The van der Waals surface area contributed by atoms with Crippen LogP contribution in [0.5, 0.6) is 0 Å². The Labute approximate surface area is 82.5 Å². The molecular formula is C12H23N. The Bertz CT molecular complexity index is 151. The van der Waals surface area contributed by atoms with E-state index in [2.05, 4.69) is 18.7 Å². The molecule has 0 aliphatic carbocycles. The number of rotatable bonds is 1. The van der Waals surface area contributed by atoms with Gasteiger partial charge in [-0.1, -0.05) is 13.8 Å². The summed E-state index contributed by atoms with van der Waals surface area (Å²) in [6.45, 7) is 8.93. The second-order valence-electron chi connectivity index (χ2n) is 5.34. The van der Waals surface area contributed by atoms with Crippen LogP contribution in [0.3, 0.4) is 0 Å². The minimum atomic E-state index is 0.890. The Hall–Kier alpha value is -0.0400. The molecule has 2 aliphatic heterocycles. The fourth-order valence-corrected chi connectivity index (χ4v) is 2.96. The monoisotopic (exact) mass is 181 g/mol. The molecule has 2 rings (SSSR count). The zero-order valence-electron chi connectivity index (χ0n) is 9.13. The first-order chi connectivity index (χ1) is 6.25. The van der Waals surface area contributed by atoms with Crippen molar-refractivity contribution in [3.8, 4) is 0 Å². The molecule has 0 saturated carbocycles. The zero-order valence-corrected chi connectivity index (χ0v) is 9.13. The molecule has 0 aromatic carbocycles. The molecule has 2 aliphatic rings. The third-order valence-electron chi connectivity index (χ3n) is 4.01. The normalized spacial score (nSPS) is 40.4. The highest BCUT2D eigenvalue weighted by Crippen LogP contribution is 2.32. The fourth-order valence-electron chi connectivity index (χ4n) is 2.96. The number of fused-ring (bicyclic) bond motifs is 3. The molecule has 0 aromatic rings. The molecule has 2 heterocycles. The molecule has 1 heteroatoms. The van der Waals surface area contributed by atoms with Crippen molar-refractivity contribution in [1.29, 1.82) is 0 Å². The van der Waals surface area contributed by atoms with E-state index < -0.39 is 0 Å². The standard InChI is InChI=1S/C12H23N/c1-10(2)12-8-11-4-3-6-13(9-12)7-5-11/h10-12H,3-9H2,1-2H3. The fraction of sp³-hybridized carbons (Fsp3) is 1.00. The van der Waals surface area contributed by atoms with Gasteiger partial charge in [0.05, 0.1) is 0 Å². The summed E-state index contributed by atoms with van der Waals surface area (Å²) in [4.78, 5) is 2.71. The van der Waals surface area contributed by atoms with Crippen LogP contribution in [0, 0.1) is 17.8 Å². The summed E-state index contributed by atoms with van der Waals surface area (Å²) >= 11 is 0. The van der Waals surface area contributed by atoms with E-state index in [1.54, 1.807) is 0 Å². The van der Waals surface area contributed by atoms with Crippen LogP contribution < -0.4 is 0 Å². The molecule has 1 nitrogen and oxygen atoms in total. The summed E-state index contributed by atoms with van der Waals surface area (Å²) in [6, 6.07) is 0. The topological polar surface area (TPSA) is 3.24 Å². The highest BCUT2D eigenvalue weighted by molar-refractivity contribution is 4.81. The SMILES string of the molecule is CC(C)C1CC2CCCN(CC2)C1. The number of hydrogen-bond acceptors (Lipinski definition) is 1. The van der Waals surface area contributed by atoms with Gasteiger partial charge < -0.3 is 4.90 Å². The average molecular weight is 181 g/mol. The molecule has 2 bridgehead atoms. The van der Waals surface area contributed by atoms with E-state index in [1.807, 2.05) is 0 Å². The average Bonchev–Trinajstić information content (AvgIpc) is 2.34. The van der Waals surface area contributed by atoms with Gasteiger partial charge in [-0.05, 0) is 56.5 Å². The molecule has 0 spiro atoms. The quantitative estimate of drug-likeness (QED) is 0.601. The molecule has 3 unspecified atom stereocenters. The predicted octanol–water partition coefficient (Wildman–Crippen LogP) is 2.76. The van der Waals surface area contributed by atoms with Gasteiger partial charge in [-0.15, -0.1) is 0 Å². The highest BCUT2D eigenvalue weighted by atomic mass is 15.1. The highest BCUT2D eigenvalue weighted by Gasteiger charge is 2.28. The Balaban J connectivity index is 2.03. The van der Waals surface area contributed by atoms with Gasteiger partial charge in [-0.25, -0.2) is 0 Å². The first kappa shape index (κ1) is 9.51. The maximum Gasteiger partial charge on any atom is 0.00122 e. The Kier molecular flexibility index (Phi) is 2.92. The lowest BCUT2D eigenvalue weighted by Gasteiger charge is -2.29. The Morgan fingerprint density at radius 2 is 2.00 bits per heavy atom. The van der Waals surface area contributed by atoms with Crippen molar-refractivity contribution in [3.05, 3.63) is 0 Å². The summed E-state index contributed by atoms with van der Waals surface area (Å²) in [5, 5.41) is 0. The summed E-state index contributed by atoms with van der Waals surface area (Å²) in [5.41, 5.74) is 0. The number of hydrogen-bond donors (Lipinski definition) is 0. The Morgan fingerprint density at radius 1 is 1.15 bits per heavy atom. The lowest BCUT2D eigenvalue weighted by molar-refractivity contribution is 0.199. The maximum absolute atomic E-state index is 2.71. The molecule has 3 atom stereocenters. The molecule has 13 heavy (non-hydrogen) atoms. The van der Waals surface area contributed by atoms with E-state index in [9.17, 15) is 0 Å². The second kappa shape index (κ2) is 4.00. The summed E-state index contributed by atoms with van der Waals surface area (Å²) in [6.07, 6.45) is 5.94. The van der Waals surface area contributed by atoms with Crippen molar-refractivity contribution in [2.75, 3.05) is 19.6 Å². The first-order valence-electron chi connectivity index (χ1n) is 5.98. The molecule has 0 radical (unpaired) electrons. The molecule has 0 amide bonds. The van der Waals surface area contributed by atoms with E-state index in [0.29, 0.717) is 0 Å². The van der Waals surface area contributed by atoms with Crippen LogP contribution in [0.15, 0.2) is 0 Å². The maximum atomic E-state index is 2.71. The van der Waals surface area contributed by atoms with Gasteiger partial charge in [-0.3, -0.25) is 0 Å². The van der Waals surface area contributed by atoms with E-state index in [-0.39, 0.29) is 0 Å². The van der Waals surface area contributed by atoms with Gasteiger partial charge in [0.15, 0.2) is 0 Å². The minimum Gasteiger partial charge on any atom is -0.303 e. The van der Waals surface area contributed by atoms with Crippen LogP contribution in [0.2, 0.25) is 0 Å². The third kappa shape index (κ3) is 2.25. The predicted molar refractivity (Wildman–Crippen MR) is 56.7 cm³/mol. The smallest absolute Gasteiger partial charge is 0.00122 e. The summed E-state index contributed by atoms with van der Waals surface area (Å²) < 4.78 is 0. The summed E-state index contributed by atoms with van der Waals surface area (Å²) in [5.74, 6) is 2.92. The lowest BCUT2D eigenvalue weighted by Crippen LogP contribution is -2.31. The third-order valence-corrected chi connectivity index (χ3v) is 4.01. The van der Waals surface area contributed by atoms with Crippen LogP contribution >= 0.6 is 0 Å². The van der Waals surface area contributed by atoms with E-state index in [0.717, 1.165) is 17.8 Å². The van der Waals surface area contributed by atoms with Gasteiger partial charge in [0.1, 0.15) is 0 Å². The van der Waals surface area contributed by atoms with E-state index >= 15 is 0 Å². The molecule has 2 saturated heterocycles. The molecule has 0 aromatic heterocycles. The minimum absolute atomic E-state index is 0.890. The first-order valence-corrected chi connectivity index (χ1v) is 5.98. The van der Waals surface area contributed by atoms with Gasteiger partial charge in [0.25, 0.3) is 0 Å². The van der Waals surface area contributed by atoms with Crippen molar-refractivity contribution in [2.24, 2.45) is 17.8 Å². The largest absolute Gasteiger partial charge is 0.303 e. The van der Waals surface area contributed by atoms with Crippen LogP contribution in [-0.4, -0.2) is 24.5 Å². The van der Waals surface area contributed by atoms with Crippen molar-refractivity contribution >= 4 is 0 Å². The van der Waals surface area contributed by atoms with Crippen LogP contribution in [0.4, 0.5) is 0 Å². The van der Waals surface area contributed by atoms with Gasteiger partial charge in [0.2, 0.25) is 0 Å². The lowest BCUT2D eigenvalue weighted by atomic mass is 9.83. The van der Waals surface area contributed by atoms with E-state index in [4.69, 9.17) is 0 Å². The zero-order chi connectivity index (χ0) is 9.26. The van der Waals surface area contributed by atoms with Crippen LogP contribution in [0.1, 0.15) is 39.5 Å². The molecular weight excluding hydrogens is 158 g/mol. The molecule has 76 valence electrons. The Morgan fingerprint density at radius 3 is 2.77 bits per heavy atom. The van der Waals surface area contributed by atoms with Gasteiger partial charge >= 0.3 is 0 Å². The second-order valence-corrected chi connectivity index (χ2v) is 5.34. The van der Waals surface area contributed by atoms with Gasteiger partial charge in [-0.2, -0.15) is 0 Å². The molecule has 0 N–H and O–H groups in total.